The number of piperidine rings is 1. The van der Waals surface area contributed by atoms with Gasteiger partial charge in [0.25, 0.3) is 5.91 Å². The Hall–Kier alpha value is -1.36. The smallest absolute Gasteiger partial charge is 0.289 e. The molecule has 1 aliphatic heterocycles. The molecular weight excluding hydrogens is 236 g/mol. The molecule has 1 fully saturated rings. The van der Waals surface area contributed by atoms with Crippen LogP contribution in [0.25, 0.3) is 0 Å². The number of rotatable bonds is 2. The van der Waals surface area contributed by atoms with Gasteiger partial charge in [-0.25, -0.2) is 0 Å². The van der Waals surface area contributed by atoms with Crippen molar-refractivity contribution >= 4 is 23.1 Å². The van der Waals surface area contributed by atoms with Crippen molar-refractivity contribution in [3.8, 4) is 0 Å². The number of carbonyl (C=O) groups excluding carboxylic acids is 1. The lowest BCUT2D eigenvalue weighted by Crippen LogP contribution is -2.41. The Morgan fingerprint density at radius 3 is 2.59 bits per heavy atom. The van der Waals surface area contributed by atoms with Gasteiger partial charge in [0.15, 0.2) is 5.76 Å². The van der Waals surface area contributed by atoms with Crippen LogP contribution in [0.4, 0.5) is 0 Å². The van der Waals surface area contributed by atoms with Gasteiger partial charge in [0.05, 0.1) is 4.99 Å². The lowest BCUT2D eigenvalue weighted by Gasteiger charge is -2.30. The van der Waals surface area contributed by atoms with E-state index in [0.29, 0.717) is 23.8 Å². The number of nitrogens with zero attached hydrogens (tertiary/aromatic N) is 1. The summed E-state index contributed by atoms with van der Waals surface area (Å²) >= 11 is 4.97. The zero-order chi connectivity index (χ0) is 12.4. The van der Waals surface area contributed by atoms with Crippen molar-refractivity contribution in [1.82, 2.24) is 4.90 Å². The van der Waals surface area contributed by atoms with Gasteiger partial charge in [-0.15, -0.1) is 0 Å². The van der Waals surface area contributed by atoms with Crippen LogP contribution in [0.1, 0.15) is 29.2 Å². The third kappa shape index (κ3) is 2.66. The average molecular weight is 252 g/mol. The van der Waals surface area contributed by atoms with Gasteiger partial charge in [0.1, 0.15) is 5.76 Å². The zero-order valence-corrected chi connectivity index (χ0v) is 10.6. The van der Waals surface area contributed by atoms with Crippen LogP contribution in [0, 0.1) is 12.8 Å². The first-order chi connectivity index (χ1) is 8.08. The monoisotopic (exact) mass is 252 g/mol. The number of aryl methyl sites for hydroxylation is 1. The maximum absolute atomic E-state index is 12.1. The molecule has 0 unspecified atom stereocenters. The lowest BCUT2D eigenvalue weighted by atomic mass is 9.97. The second-order valence-electron chi connectivity index (χ2n) is 4.38. The lowest BCUT2D eigenvalue weighted by molar-refractivity contribution is 0.0677. The van der Waals surface area contributed by atoms with E-state index in [-0.39, 0.29) is 11.8 Å². The van der Waals surface area contributed by atoms with Crippen molar-refractivity contribution in [2.75, 3.05) is 13.1 Å². The van der Waals surface area contributed by atoms with E-state index in [9.17, 15) is 4.79 Å². The highest BCUT2D eigenvalue weighted by molar-refractivity contribution is 7.80. The molecule has 1 aromatic heterocycles. The third-order valence-corrected chi connectivity index (χ3v) is 3.47. The molecule has 0 bridgehead atoms. The summed E-state index contributed by atoms with van der Waals surface area (Å²) in [4.78, 5) is 14.4. The molecule has 2 heterocycles. The first-order valence-corrected chi connectivity index (χ1v) is 6.14. The standard InChI is InChI=1S/C12H16N2O2S/c1-8-2-3-10(16-8)12(15)14-6-4-9(5-7-14)11(13)17/h2-3,9H,4-7H2,1H3,(H2,13,17). The molecule has 0 aliphatic carbocycles. The van der Waals surface area contributed by atoms with Crippen LogP contribution >= 0.6 is 12.2 Å². The minimum Gasteiger partial charge on any atom is -0.456 e. The highest BCUT2D eigenvalue weighted by atomic mass is 32.1. The summed E-state index contributed by atoms with van der Waals surface area (Å²) in [5.41, 5.74) is 5.61. The fourth-order valence-corrected chi connectivity index (χ4v) is 2.31. The molecule has 1 saturated heterocycles. The molecule has 0 spiro atoms. The van der Waals surface area contributed by atoms with Crippen molar-refractivity contribution in [3.63, 3.8) is 0 Å². The second kappa shape index (κ2) is 4.87. The molecule has 2 rings (SSSR count). The van der Waals surface area contributed by atoms with Crippen LogP contribution in [0.3, 0.4) is 0 Å². The zero-order valence-electron chi connectivity index (χ0n) is 9.81. The SMILES string of the molecule is Cc1ccc(C(=O)N2CCC(C(N)=S)CC2)o1. The Balaban J connectivity index is 1.97. The Bertz CT molecular complexity index is 433. The number of hydrogen-bond acceptors (Lipinski definition) is 3. The molecule has 1 aromatic rings. The molecule has 2 N–H and O–H groups in total. The number of carbonyl (C=O) groups is 1. The Morgan fingerprint density at radius 2 is 2.12 bits per heavy atom. The van der Waals surface area contributed by atoms with Crippen molar-refractivity contribution in [2.45, 2.75) is 19.8 Å². The Morgan fingerprint density at radius 1 is 1.47 bits per heavy atom. The van der Waals surface area contributed by atoms with E-state index >= 15 is 0 Å². The topological polar surface area (TPSA) is 59.5 Å². The number of nitrogens with two attached hydrogens (primary N) is 1. The minimum absolute atomic E-state index is 0.0421. The van der Waals surface area contributed by atoms with Gasteiger partial charge in [-0.1, -0.05) is 12.2 Å². The molecule has 0 aromatic carbocycles. The molecule has 1 aliphatic rings. The molecule has 0 saturated carbocycles. The summed E-state index contributed by atoms with van der Waals surface area (Å²) in [6, 6.07) is 3.52. The van der Waals surface area contributed by atoms with E-state index in [4.69, 9.17) is 22.4 Å². The normalized spacial score (nSPS) is 17.1. The van der Waals surface area contributed by atoms with Gasteiger partial charge < -0.3 is 15.1 Å². The van der Waals surface area contributed by atoms with Gasteiger partial charge >= 0.3 is 0 Å². The number of thiocarbonyl (C=S) groups is 1. The van der Waals surface area contributed by atoms with Crippen LogP contribution in [0.5, 0.6) is 0 Å². The summed E-state index contributed by atoms with van der Waals surface area (Å²) in [5, 5.41) is 0. The van der Waals surface area contributed by atoms with Gasteiger partial charge in [0, 0.05) is 19.0 Å². The quantitative estimate of drug-likeness (QED) is 0.814. The first-order valence-electron chi connectivity index (χ1n) is 5.73. The van der Waals surface area contributed by atoms with Gasteiger partial charge in [0.2, 0.25) is 0 Å². The van der Waals surface area contributed by atoms with Gasteiger partial charge in [-0.05, 0) is 31.9 Å². The maximum atomic E-state index is 12.1. The molecule has 4 nitrogen and oxygen atoms in total. The Labute approximate surface area is 106 Å². The second-order valence-corrected chi connectivity index (χ2v) is 4.85. The van der Waals surface area contributed by atoms with E-state index in [1.54, 1.807) is 17.0 Å². The number of amides is 1. The molecule has 17 heavy (non-hydrogen) atoms. The minimum atomic E-state index is -0.0421. The van der Waals surface area contributed by atoms with E-state index in [1.807, 2.05) is 6.92 Å². The van der Waals surface area contributed by atoms with Gasteiger partial charge in [-0.2, -0.15) is 0 Å². The highest BCUT2D eigenvalue weighted by Crippen LogP contribution is 2.19. The first kappa shape index (κ1) is 12.1. The van der Waals surface area contributed by atoms with Gasteiger partial charge in [-0.3, -0.25) is 4.79 Å². The summed E-state index contributed by atoms with van der Waals surface area (Å²) in [5.74, 6) is 1.40. The van der Waals surface area contributed by atoms with Crippen molar-refractivity contribution in [3.05, 3.63) is 23.7 Å². The van der Waals surface area contributed by atoms with Crippen molar-refractivity contribution in [1.29, 1.82) is 0 Å². The van der Waals surface area contributed by atoms with Crippen LogP contribution in [-0.2, 0) is 0 Å². The summed E-state index contributed by atoms with van der Waals surface area (Å²) in [6.07, 6.45) is 1.70. The maximum Gasteiger partial charge on any atom is 0.289 e. The highest BCUT2D eigenvalue weighted by Gasteiger charge is 2.26. The Kier molecular flexibility index (Phi) is 3.47. The van der Waals surface area contributed by atoms with Crippen LogP contribution in [0.2, 0.25) is 0 Å². The molecular formula is C12H16N2O2S. The molecule has 0 radical (unpaired) electrons. The summed E-state index contributed by atoms with van der Waals surface area (Å²) in [7, 11) is 0. The fraction of sp³-hybridized carbons (Fsp3) is 0.500. The summed E-state index contributed by atoms with van der Waals surface area (Å²) in [6.45, 7) is 3.22. The number of hydrogen-bond donors (Lipinski definition) is 1. The van der Waals surface area contributed by atoms with Crippen LogP contribution in [-0.4, -0.2) is 28.9 Å². The third-order valence-electron chi connectivity index (χ3n) is 3.14. The molecule has 1 amide bonds. The van der Waals surface area contributed by atoms with Crippen LogP contribution in [0.15, 0.2) is 16.5 Å². The molecule has 5 heteroatoms. The number of likely N-dealkylation sites (tertiary alicyclic amines) is 1. The van der Waals surface area contributed by atoms with Crippen molar-refractivity contribution < 1.29 is 9.21 Å². The van der Waals surface area contributed by atoms with E-state index in [1.165, 1.54) is 0 Å². The van der Waals surface area contributed by atoms with E-state index in [0.717, 1.165) is 18.6 Å². The molecule has 92 valence electrons. The predicted molar refractivity (Wildman–Crippen MR) is 68.9 cm³/mol. The largest absolute Gasteiger partial charge is 0.456 e. The molecule has 0 atom stereocenters. The van der Waals surface area contributed by atoms with Crippen molar-refractivity contribution in [2.24, 2.45) is 11.7 Å². The van der Waals surface area contributed by atoms with E-state index in [2.05, 4.69) is 0 Å². The number of furan rings is 1. The van der Waals surface area contributed by atoms with E-state index < -0.39 is 0 Å². The van der Waals surface area contributed by atoms with Crippen LogP contribution < -0.4 is 5.73 Å². The average Bonchev–Trinajstić information content (AvgIpc) is 2.75. The summed E-state index contributed by atoms with van der Waals surface area (Å²) < 4.78 is 5.33. The fourth-order valence-electron chi connectivity index (χ4n) is 2.07. The predicted octanol–water partition coefficient (Wildman–Crippen LogP) is 1.73.